The third kappa shape index (κ3) is 6.42. The Hall–Kier alpha value is -3.24. The van der Waals surface area contributed by atoms with E-state index in [2.05, 4.69) is 41.4 Å². The summed E-state index contributed by atoms with van der Waals surface area (Å²) in [6.45, 7) is 0.954. The fourth-order valence-electron chi connectivity index (χ4n) is 3.51. The molecule has 0 saturated heterocycles. The van der Waals surface area contributed by atoms with Crippen LogP contribution >= 0.6 is 22.7 Å². The van der Waals surface area contributed by atoms with Crippen LogP contribution in [-0.2, 0) is 0 Å². The van der Waals surface area contributed by atoms with E-state index in [4.69, 9.17) is 9.84 Å². The molecule has 0 spiro atoms. The maximum Gasteiger partial charge on any atom is 0.119 e. The fraction of sp³-hybridized carbons (Fsp3) is 0.214. The fourth-order valence-corrected chi connectivity index (χ4v) is 5.45. The van der Waals surface area contributed by atoms with Crippen molar-refractivity contribution in [3.8, 4) is 32.7 Å². The molecule has 4 nitrogen and oxygen atoms in total. The number of aliphatic hydroxyl groups is 1. The number of pyridine rings is 1. The van der Waals surface area contributed by atoms with Gasteiger partial charge in [-0.15, -0.1) is 22.7 Å². The van der Waals surface area contributed by atoms with E-state index in [0.717, 1.165) is 62.1 Å². The SMILES string of the molecule is N#CC(=Cc1ccc(-c2ccncc2)s1)c1ccc(-c2ccc(OCCCCCCO)cc2)s1. The summed E-state index contributed by atoms with van der Waals surface area (Å²) in [5.41, 5.74) is 2.91. The van der Waals surface area contributed by atoms with Crippen LogP contribution in [0.3, 0.4) is 0 Å². The summed E-state index contributed by atoms with van der Waals surface area (Å²) in [5.74, 6) is 0.864. The van der Waals surface area contributed by atoms with Gasteiger partial charge in [0.15, 0.2) is 0 Å². The van der Waals surface area contributed by atoms with Crippen molar-refractivity contribution < 1.29 is 9.84 Å². The van der Waals surface area contributed by atoms with Crippen molar-refractivity contribution in [2.24, 2.45) is 0 Å². The van der Waals surface area contributed by atoms with Gasteiger partial charge in [0.25, 0.3) is 0 Å². The minimum atomic E-state index is 0.264. The molecule has 172 valence electrons. The predicted molar refractivity (Wildman–Crippen MR) is 142 cm³/mol. The third-order valence-corrected chi connectivity index (χ3v) is 7.58. The molecule has 0 unspecified atom stereocenters. The highest BCUT2D eigenvalue weighted by Crippen LogP contribution is 2.35. The minimum absolute atomic E-state index is 0.264. The molecule has 3 heterocycles. The Kier molecular flexibility index (Phi) is 8.64. The van der Waals surface area contributed by atoms with E-state index in [0.29, 0.717) is 12.2 Å². The lowest BCUT2D eigenvalue weighted by Crippen LogP contribution is -1.97. The zero-order chi connectivity index (χ0) is 23.6. The molecule has 1 aromatic carbocycles. The highest BCUT2D eigenvalue weighted by molar-refractivity contribution is 7.17. The molecule has 34 heavy (non-hydrogen) atoms. The summed E-state index contributed by atoms with van der Waals surface area (Å²) in [6.07, 6.45) is 9.51. The Balaban J connectivity index is 1.40. The summed E-state index contributed by atoms with van der Waals surface area (Å²) in [7, 11) is 0. The molecule has 6 heteroatoms. The molecule has 1 N–H and O–H groups in total. The number of ether oxygens (including phenoxy) is 1. The third-order valence-electron chi connectivity index (χ3n) is 5.33. The van der Waals surface area contributed by atoms with Gasteiger partial charge in [-0.3, -0.25) is 4.98 Å². The van der Waals surface area contributed by atoms with Crippen molar-refractivity contribution >= 4 is 34.3 Å². The van der Waals surface area contributed by atoms with Crippen LogP contribution in [0.4, 0.5) is 0 Å². The number of unbranched alkanes of at least 4 members (excludes halogenated alkanes) is 3. The number of aliphatic hydroxyl groups excluding tert-OH is 1. The maximum atomic E-state index is 9.79. The minimum Gasteiger partial charge on any atom is -0.494 e. The predicted octanol–water partition coefficient (Wildman–Crippen LogP) is 7.53. The van der Waals surface area contributed by atoms with Gasteiger partial charge in [0.1, 0.15) is 11.8 Å². The van der Waals surface area contributed by atoms with Gasteiger partial charge >= 0.3 is 0 Å². The lowest BCUT2D eigenvalue weighted by molar-refractivity contribution is 0.273. The first-order chi connectivity index (χ1) is 16.8. The van der Waals surface area contributed by atoms with Crippen molar-refractivity contribution in [2.45, 2.75) is 25.7 Å². The molecule has 3 aromatic heterocycles. The quantitative estimate of drug-likeness (QED) is 0.176. The summed E-state index contributed by atoms with van der Waals surface area (Å²) in [5, 5.41) is 18.6. The molecule has 0 aliphatic rings. The molecule has 0 aliphatic carbocycles. The van der Waals surface area contributed by atoms with E-state index in [1.54, 1.807) is 35.1 Å². The summed E-state index contributed by atoms with van der Waals surface area (Å²) in [6, 6.07) is 22.7. The number of benzene rings is 1. The lowest BCUT2D eigenvalue weighted by atomic mass is 10.1. The lowest BCUT2D eigenvalue weighted by Gasteiger charge is -2.06. The van der Waals surface area contributed by atoms with Crippen molar-refractivity contribution in [1.29, 1.82) is 5.26 Å². The zero-order valence-corrected chi connectivity index (χ0v) is 20.4. The van der Waals surface area contributed by atoms with Crippen molar-refractivity contribution in [3.05, 3.63) is 82.8 Å². The highest BCUT2D eigenvalue weighted by Gasteiger charge is 2.09. The van der Waals surface area contributed by atoms with Crippen LogP contribution in [0.25, 0.3) is 32.5 Å². The molecule has 4 rings (SSSR count). The topological polar surface area (TPSA) is 66.1 Å². The van der Waals surface area contributed by atoms with Crippen LogP contribution in [0, 0.1) is 11.3 Å². The number of hydrogen-bond acceptors (Lipinski definition) is 6. The van der Waals surface area contributed by atoms with Crippen LogP contribution in [0.1, 0.15) is 35.4 Å². The Labute approximate surface area is 208 Å². The van der Waals surface area contributed by atoms with Crippen LogP contribution in [-0.4, -0.2) is 23.3 Å². The van der Waals surface area contributed by atoms with E-state index in [-0.39, 0.29) is 6.61 Å². The van der Waals surface area contributed by atoms with Gasteiger partial charge in [0, 0.05) is 38.5 Å². The zero-order valence-electron chi connectivity index (χ0n) is 18.8. The van der Waals surface area contributed by atoms with Gasteiger partial charge in [-0.2, -0.15) is 5.26 Å². The molecule has 0 atom stereocenters. The van der Waals surface area contributed by atoms with E-state index < -0.39 is 0 Å². The first-order valence-corrected chi connectivity index (χ1v) is 13.0. The Morgan fingerprint density at radius 3 is 2.32 bits per heavy atom. The van der Waals surface area contributed by atoms with E-state index >= 15 is 0 Å². The Morgan fingerprint density at radius 1 is 0.853 bits per heavy atom. The number of rotatable bonds is 11. The molecule has 4 aromatic rings. The first kappa shape index (κ1) is 23.9. The second-order valence-corrected chi connectivity index (χ2v) is 9.98. The first-order valence-electron chi connectivity index (χ1n) is 11.3. The maximum absolute atomic E-state index is 9.79. The number of aromatic nitrogens is 1. The highest BCUT2D eigenvalue weighted by atomic mass is 32.1. The summed E-state index contributed by atoms with van der Waals surface area (Å²) < 4.78 is 5.82. The van der Waals surface area contributed by atoms with Gasteiger partial charge < -0.3 is 9.84 Å². The van der Waals surface area contributed by atoms with E-state index in [1.165, 1.54) is 0 Å². The van der Waals surface area contributed by atoms with E-state index in [9.17, 15) is 5.26 Å². The van der Waals surface area contributed by atoms with Crippen LogP contribution in [0.15, 0.2) is 73.1 Å². The van der Waals surface area contributed by atoms with Crippen LogP contribution < -0.4 is 4.74 Å². The normalized spacial score (nSPS) is 11.4. The average molecular weight is 487 g/mol. The van der Waals surface area contributed by atoms with Crippen molar-refractivity contribution in [1.82, 2.24) is 4.98 Å². The van der Waals surface area contributed by atoms with Crippen LogP contribution in [0.5, 0.6) is 5.75 Å². The molecule has 0 saturated carbocycles. The molecule has 0 fully saturated rings. The summed E-state index contributed by atoms with van der Waals surface area (Å²) >= 11 is 3.29. The molecule has 0 radical (unpaired) electrons. The average Bonchev–Trinajstić information content (AvgIpc) is 3.56. The van der Waals surface area contributed by atoms with Crippen LogP contribution in [0.2, 0.25) is 0 Å². The number of allylic oxidation sites excluding steroid dienone is 1. The molecular weight excluding hydrogens is 460 g/mol. The van der Waals surface area contributed by atoms with Crippen molar-refractivity contribution in [3.63, 3.8) is 0 Å². The molecule has 0 bridgehead atoms. The monoisotopic (exact) mass is 486 g/mol. The second kappa shape index (κ2) is 12.3. The summed E-state index contributed by atoms with van der Waals surface area (Å²) in [4.78, 5) is 8.36. The number of thiophene rings is 2. The van der Waals surface area contributed by atoms with Gasteiger partial charge in [-0.25, -0.2) is 0 Å². The second-order valence-electron chi connectivity index (χ2n) is 7.78. The number of nitriles is 1. The molecule has 0 aliphatic heterocycles. The molecular formula is C28H26N2O2S2. The number of nitrogens with zero attached hydrogens (tertiary/aromatic N) is 2. The van der Waals surface area contributed by atoms with Gasteiger partial charge in [-0.05, 0) is 97.1 Å². The van der Waals surface area contributed by atoms with Gasteiger partial charge in [-0.1, -0.05) is 6.42 Å². The largest absolute Gasteiger partial charge is 0.494 e. The molecule has 0 amide bonds. The standard InChI is InChI=1S/C28H26N2O2S2/c29-20-23(19-25-9-10-26(33-25)22-13-15-30-16-14-22)28-12-11-27(34-28)21-5-7-24(8-6-21)32-18-4-2-1-3-17-31/h5-16,19,31H,1-4,17-18H2. The smallest absolute Gasteiger partial charge is 0.119 e. The Bertz CT molecular complexity index is 1250. The van der Waals surface area contributed by atoms with E-state index in [1.807, 2.05) is 36.4 Å². The Morgan fingerprint density at radius 2 is 1.56 bits per heavy atom. The number of hydrogen-bond donors (Lipinski definition) is 1. The van der Waals surface area contributed by atoms with Gasteiger partial charge in [0.05, 0.1) is 12.2 Å². The van der Waals surface area contributed by atoms with Crippen molar-refractivity contribution in [2.75, 3.05) is 13.2 Å². The van der Waals surface area contributed by atoms with Gasteiger partial charge in [0.2, 0.25) is 0 Å².